The van der Waals surface area contributed by atoms with Gasteiger partial charge in [0.1, 0.15) is 5.82 Å². The standard InChI is InChI=1S/C14H25N3/c1-7-15-8-10(4)13-11(5)16-14(9(2)3)17-12(13)6/h9-10,15H,7-8H2,1-6H3. The normalized spacial score (nSPS) is 13.1. The maximum absolute atomic E-state index is 4.62. The minimum atomic E-state index is 0.394. The Morgan fingerprint density at radius 2 is 1.59 bits per heavy atom. The van der Waals surface area contributed by atoms with Crippen LogP contribution in [0.2, 0.25) is 0 Å². The van der Waals surface area contributed by atoms with E-state index in [0.29, 0.717) is 11.8 Å². The topological polar surface area (TPSA) is 37.8 Å². The first-order chi connectivity index (χ1) is 7.97. The Bertz CT molecular complexity index is 349. The monoisotopic (exact) mass is 235 g/mol. The van der Waals surface area contributed by atoms with E-state index < -0.39 is 0 Å². The molecule has 3 heteroatoms. The van der Waals surface area contributed by atoms with Crippen molar-refractivity contribution in [3.63, 3.8) is 0 Å². The first-order valence-electron chi connectivity index (χ1n) is 6.53. The highest BCUT2D eigenvalue weighted by molar-refractivity contribution is 5.28. The van der Waals surface area contributed by atoms with Crippen molar-refractivity contribution in [3.05, 3.63) is 22.8 Å². The van der Waals surface area contributed by atoms with Gasteiger partial charge in [-0.05, 0) is 31.9 Å². The molecule has 0 aliphatic carbocycles. The molecule has 1 aromatic rings. The van der Waals surface area contributed by atoms with Crippen molar-refractivity contribution in [2.75, 3.05) is 13.1 Å². The Hall–Kier alpha value is -0.960. The second-order valence-corrected chi connectivity index (χ2v) is 5.03. The minimum Gasteiger partial charge on any atom is -0.316 e. The molecule has 1 N–H and O–H groups in total. The Balaban J connectivity index is 3.00. The third-order valence-electron chi connectivity index (χ3n) is 3.05. The van der Waals surface area contributed by atoms with E-state index in [1.54, 1.807) is 0 Å². The molecule has 1 heterocycles. The summed E-state index contributed by atoms with van der Waals surface area (Å²) in [5, 5.41) is 3.38. The van der Waals surface area contributed by atoms with E-state index in [2.05, 4.69) is 56.8 Å². The van der Waals surface area contributed by atoms with Gasteiger partial charge in [0.05, 0.1) is 0 Å². The first-order valence-corrected chi connectivity index (χ1v) is 6.53. The lowest BCUT2D eigenvalue weighted by Crippen LogP contribution is -2.21. The minimum absolute atomic E-state index is 0.394. The van der Waals surface area contributed by atoms with Gasteiger partial charge >= 0.3 is 0 Å². The molecule has 0 spiro atoms. The quantitative estimate of drug-likeness (QED) is 0.852. The molecule has 1 unspecified atom stereocenters. The summed E-state index contributed by atoms with van der Waals surface area (Å²) in [5.41, 5.74) is 3.56. The molecule has 0 saturated heterocycles. The summed E-state index contributed by atoms with van der Waals surface area (Å²) < 4.78 is 0. The lowest BCUT2D eigenvalue weighted by Gasteiger charge is -2.18. The van der Waals surface area contributed by atoms with Gasteiger partial charge in [0.25, 0.3) is 0 Å². The zero-order valence-corrected chi connectivity index (χ0v) is 12.0. The van der Waals surface area contributed by atoms with Gasteiger partial charge in [-0.1, -0.05) is 27.7 Å². The number of rotatable bonds is 5. The zero-order chi connectivity index (χ0) is 13.0. The van der Waals surface area contributed by atoms with Gasteiger partial charge in [-0.3, -0.25) is 0 Å². The fraction of sp³-hybridized carbons (Fsp3) is 0.714. The smallest absolute Gasteiger partial charge is 0.131 e. The summed E-state index contributed by atoms with van der Waals surface area (Å²) in [6, 6.07) is 0. The second kappa shape index (κ2) is 6.10. The van der Waals surface area contributed by atoms with Gasteiger partial charge in [0, 0.05) is 23.9 Å². The highest BCUT2D eigenvalue weighted by Gasteiger charge is 2.15. The maximum Gasteiger partial charge on any atom is 0.131 e. The highest BCUT2D eigenvalue weighted by Crippen LogP contribution is 2.22. The number of nitrogens with zero attached hydrogens (tertiary/aromatic N) is 2. The Morgan fingerprint density at radius 1 is 1.06 bits per heavy atom. The molecule has 1 aromatic heterocycles. The van der Waals surface area contributed by atoms with Crippen molar-refractivity contribution < 1.29 is 0 Å². The average molecular weight is 235 g/mol. The summed E-state index contributed by atoms with van der Waals surface area (Å²) in [4.78, 5) is 9.25. The van der Waals surface area contributed by atoms with Crippen LogP contribution in [-0.4, -0.2) is 23.1 Å². The third-order valence-corrected chi connectivity index (χ3v) is 3.05. The van der Waals surface area contributed by atoms with Gasteiger partial charge in [0.2, 0.25) is 0 Å². The number of hydrogen-bond donors (Lipinski definition) is 1. The average Bonchev–Trinajstić information content (AvgIpc) is 2.25. The first kappa shape index (κ1) is 14.1. The van der Waals surface area contributed by atoms with Gasteiger partial charge < -0.3 is 5.32 Å². The van der Waals surface area contributed by atoms with Crippen molar-refractivity contribution >= 4 is 0 Å². The molecule has 3 nitrogen and oxygen atoms in total. The van der Waals surface area contributed by atoms with E-state index in [1.165, 1.54) is 5.56 Å². The molecule has 0 aliphatic rings. The SMILES string of the molecule is CCNCC(C)c1c(C)nc(C(C)C)nc1C. The Kier molecular flexibility index (Phi) is 5.06. The highest BCUT2D eigenvalue weighted by atomic mass is 14.9. The molecule has 0 bridgehead atoms. The zero-order valence-electron chi connectivity index (χ0n) is 12.0. The number of aromatic nitrogens is 2. The van der Waals surface area contributed by atoms with Crippen LogP contribution in [0.25, 0.3) is 0 Å². The molecule has 0 aromatic carbocycles. The van der Waals surface area contributed by atoms with E-state index in [4.69, 9.17) is 0 Å². The van der Waals surface area contributed by atoms with Crippen LogP contribution in [0.1, 0.15) is 62.3 Å². The fourth-order valence-electron chi connectivity index (χ4n) is 2.19. The molecule has 96 valence electrons. The Morgan fingerprint density at radius 3 is 2.00 bits per heavy atom. The Labute approximate surface area is 105 Å². The van der Waals surface area contributed by atoms with Crippen LogP contribution in [-0.2, 0) is 0 Å². The lowest BCUT2D eigenvalue weighted by atomic mass is 9.97. The van der Waals surface area contributed by atoms with E-state index in [1.807, 2.05) is 0 Å². The van der Waals surface area contributed by atoms with E-state index >= 15 is 0 Å². The second-order valence-electron chi connectivity index (χ2n) is 5.03. The molecule has 0 aliphatic heterocycles. The summed E-state index contributed by atoms with van der Waals surface area (Å²) in [5.74, 6) is 1.82. The van der Waals surface area contributed by atoms with Crippen molar-refractivity contribution in [1.29, 1.82) is 0 Å². The summed E-state index contributed by atoms with van der Waals surface area (Å²) >= 11 is 0. The summed E-state index contributed by atoms with van der Waals surface area (Å²) in [6.07, 6.45) is 0. The number of aryl methyl sites for hydroxylation is 2. The van der Waals surface area contributed by atoms with Gasteiger partial charge in [0.15, 0.2) is 0 Å². The lowest BCUT2D eigenvalue weighted by molar-refractivity contribution is 0.619. The van der Waals surface area contributed by atoms with E-state index in [9.17, 15) is 0 Å². The van der Waals surface area contributed by atoms with Crippen LogP contribution in [0.4, 0.5) is 0 Å². The number of hydrogen-bond acceptors (Lipinski definition) is 3. The molecule has 1 atom stereocenters. The van der Waals surface area contributed by atoms with Crippen LogP contribution in [0.3, 0.4) is 0 Å². The van der Waals surface area contributed by atoms with Gasteiger partial charge in [-0.25, -0.2) is 9.97 Å². The van der Waals surface area contributed by atoms with Crippen LogP contribution < -0.4 is 5.32 Å². The molecule has 0 amide bonds. The molecule has 17 heavy (non-hydrogen) atoms. The van der Waals surface area contributed by atoms with Crippen molar-refractivity contribution in [1.82, 2.24) is 15.3 Å². The van der Waals surface area contributed by atoms with E-state index in [-0.39, 0.29) is 0 Å². The fourth-order valence-corrected chi connectivity index (χ4v) is 2.19. The van der Waals surface area contributed by atoms with Gasteiger partial charge in [-0.2, -0.15) is 0 Å². The molecular formula is C14H25N3. The summed E-state index contributed by atoms with van der Waals surface area (Å²) in [6.45, 7) is 14.8. The van der Waals surface area contributed by atoms with Crippen molar-refractivity contribution in [2.24, 2.45) is 0 Å². The molecule has 0 fully saturated rings. The number of nitrogens with one attached hydrogen (secondary N) is 1. The van der Waals surface area contributed by atoms with Crippen molar-refractivity contribution in [2.45, 2.75) is 53.4 Å². The van der Waals surface area contributed by atoms with Gasteiger partial charge in [-0.15, -0.1) is 0 Å². The molecule has 1 rings (SSSR count). The largest absolute Gasteiger partial charge is 0.316 e. The maximum atomic E-state index is 4.62. The summed E-state index contributed by atoms with van der Waals surface area (Å²) in [7, 11) is 0. The molecule has 0 saturated carbocycles. The molecular weight excluding hydrogens is 210 g/mol. The number of likely N-dealkylation sites (N-methyl/N-ethyl adjacent to an activating group) is 1. The predicted molar refractivity (Wildman–Crippen MR) is 72.6 cm³/mol. The van der Waals surface area contributed by atoms with E-state index in [0.717, 1.165) is 30.3 Å². The van der Waals surface area contributed by atoms with Crippen molar-refractivity contribution in [3.8, 4) is 0 Å². The van der Waals surface area contributed by atoms with Crippen LogP contribution in [0, 0.1) is 13.8 Å². The van der Waals surface area contributed by atoms with Crippen LogP contribution in [0.15, 0.2) is 0 Å². The van der Waals surface area contributed by atoms with Crippen LogP contribution in [0.5, 0.6) is 0 Å². The predicted octanol–water partition coefficient (Wildman–Crippen LogP) is 2.93. The molecule has 0 radical (unpaired) electrons. The third kappa shape index (κ3) is 3.50. The van der Waals surface area contributed by atoms with Crippen LogP contribution >= 0.6 is 0 Å².